The number of nitrogens with one attached hydrogen (secondary N) is 2. The number of hydrogen-bond acceptors (Lipinski definition) is 3. The van der Waals surface area contributed by atoms with Crippen LogP contribution in [0, 0.1) is 11.8 Å². The van der Waals surface area contributed by atoms with Gasteiger partial charge in [-0.3, -0.25) is 5.32 Å². The summed E-state index contributed by atoms with van der Waals surface area (Å²) in [6, 6.07) is 7.80. The molecule has 0 radical (unpaired) electrons. The molecule has 23 heavy (non-hydrogen) atoms. The third kappa shape index (κ3) is 6.51. The van der Waals surface area contributed by atoms with Crippen molar-refractivity contribution >= 4 is 17.5 Å². The number of hydrogen-bond donors (Lipinski definition) is 2. The van der Waals surface area contributed by atoms with Gasteiger partial charge in [0.2, 0.25) is 0 Å². The molecule has 128 valence electrons. The Balaban J connectivity index is 1.85. The van der Waals surface area contributed by atoms with E-state index in [1.807, 2.05) is 45.0 Å². The van der Waals surface area contributed by atoms with Gasteiger partial charge in [0, 0.05) is 17.9 Å². The second-order valence-corrected chi connectivity index (χ2v) is 7.73. The van der Waals surface area contributed by atoms with E-state index < -0.39 is 11.7 Å². The molecule has 1 amide bonds. The van der Waals surface area contributed by atoms with E-state index in [0.29, 0.717) is 0 Å². The summed E-state index contributed by atoms with van der Waals surface area (Å²) in [6.07, 6.45) is 4.91. The van der Waals surface area contributed by atoms with Crippen LogP contribution in [-0.4, -0.2) is 18.2 Å². The summed E-state index contributed by atoms with van der Waals surface area (Å²) >= 11 is 0. The lowest BCUT2D eigenvalue weighted by Crippen LogP contribution is -2.27. The molecule has 0 spiro atoms. The highest BCUT2D eigenvalue weighted by atomic mass is 16.6. The topological polar surface area (TPSA) is 50.4 Å². The van der Waals surface area contributed by atoms with Crippen molar-refractivity contribution < 1.29 is 9.53 Å². The minimum atomic E-state index is -0.488. The Hall–Kier alpha value is -1.71. The van der Waals surface area contributed by atoms with E-state index in [1.165, 1.54) is 25.7 Å². The van der Waals surface area contributed by atoms with Gasteiger partial charge in [0.1, 0.15) is 5.60 Å². The van der Waals surface area contributed by atoms with Crippen LogP contribution in [0.1, 0.15) is 53.4 Å². The number of ether oxygens (including phenoxy) is 1. The van der Waals surface area contributed by atoms with Crippen molar-refractivity contribution in [1.29, 1.82) is 0 Å². The maximum Gasteiger partial charge on any atom is 0.412 e. The van der Waals surface area contributed by atoms with Crippen molar-refractivity contribution in [3.8, 4) is 0 Å². The SMILES string of the molecule is CC1CCCC(CNc2cccc(NC(=O)OC(C)(C)C)c2)C1. The van der Waals surface area contributed by atoms with Crippen molar-refractivity contribution in [3.63, 3.8) is 0 Å². The Bertz CT molecular complexity index is 522. The summed E-state index contributed by atoms with van der Waals surface area (Å²) in [5.41, 5.74) is 1.30. The standard InChI is InChI=1S/C19H30N2O2/c1-14-7-5-8-15(11-14)13-20-16-9-6-10-17(12-16)21-18(22)23-19(2,3)4/h6,9-10,12,14-15,20H,5,7-8,11,13H2,1-4H3,(H,21,22). The molecule has 2 atom stereocenters. The first-order valence-electron chi connectivity index (χ1n) is 8.66. The van der Waals surface area contributed by atoms with Crippen LogP contribution in [0.5, 0.6) is 0 Å². The van der Waals surface area contributed by atoms with Crippen LogP contribution < -0.4 is 10.6 Å². The van der Waals surface area contributed by atoms with E-state index in [-0.39, 0.29) is 0 Å². The summed E-state index contributed by atoms with van der Waals surface area (Å²) in [4.78, 5) is 11.8. The van der Waals surface area contributed by atoms with Crippen LogP contribution in [0.15, 0.2) is 24.3 Å². The van der Waals surface area contributed by atoms with Gasteiger partial charge in [0.25, 0.3) is 0 Å². The predicted molar refractivity (Wildman–Crippen MR) is 95.9 cm³/mol. The molecule has 0 heterocycles. The first kappa shape index (κ1) is 17.6. The Kier molecular flexibility index (Phi) is 5.91. The van der Waals surface area contributed by atoms with Gasteiger partial charge in [-0.05, 0) is 63.6 Å². The average molecular weight is 318 g/mol. The van der Waals surface area contributed by atoms with Crippen LogP contribution in [0.3, 0.4) is 0 Å². The number of amides is 1. The third-order valence-corrected chi connectivity index (χ3v) is 4.15. The third-order valence-electron chi connectivity index (χ3n) is 4.15. The highest BCUT2D eigenvalue weighted by Gasteiger charge is 2.19. The van der Waals surface area contributed by atoms with Crippen LogP contribution in [-0.2, 0) is 4.74 Å². The molecule has 4 nitrogen and oxygen atoms in total. The fraction of sp³-hybridized carbons (Fsp3) is 0.632. The minimum Gasteiger partial charge on any atom is -0.444 e. The maximum atomic E-state index is 11.8. The lowest BCUT2D eigenvalue weighted by Gasteiger charge is -2.27. The van der Waals surface area contributed by atoms with Crippen LogP contribution >= 0.6 is 0 Å². The van der Waals surface area contributed by atoms with Crippen molar-refractivity contribution in [1.82, 2.24) is 0 Å². The first-order valence-corrected chi connectivity index (χ1v) is 8.66. The lowest BCUT2D eigenvalue weighted by atomic mass is 9.82. The smallest absolute Gasteiger partial charge is 0.412 e. The Morgan fingerprint density at radius 1 is 1.26 bits per heavy atom. The van der Waals surface area contributed by atoms with E-state index in [4.69, 9.17) is 4.74 Å². The molecular formula is C19H30N2O2. The van der Waals surface area contributed by atoms with E-state index in [1.54, 1.807) is 0 Å². The fourth-order valence-electron chi connectivity index (χ4n) is 3.14. The van der Waals surface area contributed by atoms with Crippen molar-refractivity contribution in [3.05, 3.63) is 24.3 Å². The van der Waals surface area contributed by atoms with Gasteiger partial charge in [0.05, 0.1) is 0 Å². The van der Waals surface area contributed by atoms with Crippen LogP contribution in [0.25, 0.3) is 0 Å². The lowest BCUT2D eigenvalue weighted by molar-refractivity contribution is 0.0636. The van der Waals surface area contributed by atoms with E-state index >= 15 is 0 Å². The van der Waals surface area contributed by atoms with Crippen LogP contribution in [0.4, 0.5) is 16.2 Å². The molecule has 0 aromatic heterocycles. The zero-order valence-corrected chi connectivity index (χ0v) is 14.8. The average Bonchev–Trinajstić information content (AvgIpc) is 2.43. The zero-order chi connectivity index (χ0) is 16.9. The van der Waals surface area contributed by atoms with E-state index in [9.17, 15) is 4.79 Å². The van der Waals surface area contributed by atoms with Gasteiger partial charge in [-0.15, -0.1) is 0 Å². The van der Waals surface area contributed by atoms with Gasteiger partial charge in [-0.1, -0.05) is 25.8 Å². The molecule has 1 saturated carbocycles. The molecular weight excluding hydrogens is 288 g/mol. The van der Waals surface area contributed by atoms with Crippen molar-refractivity contribution in [2.24, 2.45) is 11.8 Å². The van der Waals surface area contributed by atoms with Crippen molar-refractivity contribution in [2.45, 2.75) is 59.0 Å². The Morgan fingerprint density at radius 3 is 2.70 bits per heavy atom. The molecule has 1 aromatic rings. The molecule has 1 fully saturated rings. The second kappa shape index (κ2) is 7.71. The molecule has 2 N–H and O–H groups in total. The van der Waals surface area contributed by atoms with E-state index in [0.717, 1.165) is 29.8 Å². The highest BCUT2D eigenvalue weighted by Crippen LogP contribution is 2.29. The monoisotopic (exact) mass is 318 g/mol. The molecule has 0 bridgehead atoms. The summed E-state index contributed by atoms with van der Waals surface area (Å²) < 4.78 is 5.28. The summed E-state index contributed by atoms with van der Waals surface area (Å²) in [5, 5.41) is 6.29. The Labute approximate surface area is 140 Å². The van der Waals surface area contributed by atoms with Crippen molar-refractivity contribution in [2.75, 3.05) is 17.2 Å². The number of rotatable bonds is 4. The second-order valence-electron chi connectivity index (χ2n) is 7.73. The number of carbonyl (C=O) groups excluding carboxylic acids is 1. The van der Waals surface area contributed by atoms with Gasteiger partial charge in [-0.2, -0.15) is 0 Å². The molecule has 0 saturated heterocycles. The molecule has 4 heteroatoms. The quantitative estimate of drug-likeness (QED) is 0.795. The summed E-state index contributed by atoms with van der Waals surface area (Å²) in [7, 11) is 0. The zero-order valence-electron chi connectivity index (χ0n) is 14.8. The van der Waals surface area contributed by atoms with Gasteiger partial charge in [-0.25, -0.2) is 4.79 Å². The summed E-state index contributed by atoms with van der Waals surface area (Å²) in [6.45, 7) is 8.92. The molecule has 0 aliphatic heterocycles. The molecule has 1 aliphatic rings. The highest BCUT2D eigenvalue weighted by molar-refractivity contribution is 5.85. The van der Waals surface area contributed by atoms with Gasteiger partial charge >= 0.3 is 6.09 Å². The van der Waals surface area contributed by atoms with Crippen LogP contribution in [0.2, 0.25) is 0 Å². The predicted octanol–water partition coefficient (Wildman–Crippen LogP) is 5.27. The molecule has 2 unspecified atom stereocenters. The number of carbonyl (C=O) groups is 1. The molecule has 2 rings (SSSR count). The van der Waals surface area contributed by atoms with Gasteiger partial charge < -0.3 is 10.1 Å². The largest absolute Gasteiger partial charge is 0.444 e. The number of benzene rings is 1. The van der Waals surface area contributed by atoms with E-state index in [2.05, 4.69) is 17.6 Å². The molecule has 1 aliphatic carbocycles. The molecule has 1 aromatic carbocycles. The van der Waals surface area contributed by atoms with Gasteiger partial charge in [0.15, 0.2) is 0 Å². The fourth-order valence-corrected chi connectivity index (χ4v) is 3.14. The number of anilines is 2. The Morgan fingerprint density at radius 2 is 2.00 bits per heavy atom. The first-order chi connectivity index (χ1) is 10.8. The minimum absolute atomic E-state index is 0.421. The maximum absolute atomic E-state index is 11.8. The normalized spacial score (nSPS) is 21.6. The summed E-state index contributed by atoms with van der Waals surface area (Å²) in [5.74, 6) is 1.59.